The Morgan fingerprint density at radius 2 is 1.89 bits per heavy atom. The lowest BCUT2D eigenvalue weighted by molar-refractivity contribution is -0.147. The summed E-state index contributed by atoms with van der Waals surface area (Å²) in [6.07, 6.45) is 5.70. The van der Waals surface area contributed by atoms with Gasteiger partial charge < -0.3 is 15.5 Å². The number of rotatable bonds is 6. The minimum absolute atomic E-state index is 0.00243. The minimum Gasteiger partial charge on any atom is -0.481 e. The van der Waals surface area contributed by atoms with Gasteiger partial charge >= 0.3 is 5.97 Å². The molecule has 3 atom stereocenters. The van der Waals surface area contributed by atoms with E-state index in [1.165, 1.54) is 0 Å². The van der Waals surface area contributed by atoms with Crippen LogP contribution in [0.15, 0.2) is 12.2 Å². The van der Waals surface area contributed by atoms with E-state index >= 15 is 0 Å². The van der Waals surface area contributed by atoms with Crippen LogP contribution >= 0.6 is 0 Å². The highest BCUT2D eigenvalue weighted by molar-refractivity contribution is 5.85. The number of hydrogen-bond donors (Lipinski definition) is 3. The Kier molecular flexibility index (Phi) is 5.54. The lowest BCUT2D eigenvalue weighted by Gasteiger charge is -2.33. The summed E-state index contributed by atoms with van der Waals surface area (Å²) in [4.78, 5) is 23.4. The third-order valence-corrected chi connectivity index (χ3v) is 3.96. The normalized spacial score (nSPS) is 25.6. The number of carboxylic acids is 1. The molecule has 1 aliphatic carbocycles. The number of carbonyl (C=O) groups excluding carboxylic acids is 1. The molecule has 0 fully saturated rings. The summed E-state index contributed by atoms with van der Waals surface area (Å²) in [6.45, 7) is 3.80. The van der Waals surface area contributed by atoms with Gasteiger partial charge in [-0.15, -0.1) is 0 Å². The standard InChI is InChI=1S/C14H23NO4/c1-3-14(2,8-9-16)15-12(17)10-6-4-5-7-11(10)13(18)19/h4-5,10-11,16H,3,6-9H2,1-2H3,(H,15,17)(H,18,19)/t10-,11+,14?/m1/s1. The molecule has 0 spiro atoms. The average Bonchev–Trinajstić information content (AvgIpc) is 2.38. The van der Waals surface area contributed by atoms with Gasteiger partial charge in [0.2, 0.25) is 5.91 Å². The SMILES string of the molecule is CCC(C)(CCO)NC(=O)[C@@H]1CC=CC[C@@H]1C(=O)O. The first-order valence-corrected chi connectivity index (χ1v) is 6.74. The molecule has 108 valence electrons. The van der Waals surface area contributed by atoms with Crippen LogP contribution in [0, 0.1) is 11.8 Å². The van der Waals surface area contributed by atoms with E-state index in [2.05, 4.69) is 5.32 Å². The van der Waals surface area contributed by atoms with E-state index in [-0.39, 0.29) is 12.5 Å². The van der Waals surface area contributed by atoms with Gasteiger partial charge in [-0.3, -0.25) is 9.59 Å². The Bertz CT molecular complexity index is 366. The van der Waals surface area contributed by atoms with Crippen molar-refractivity contribution in [3.63, 3.8) is 0 Å². The van der Waals surface area contributed by atoms with Crippen LogP contribution in [-0.4, -0.2) is 34.2 Å². The van der Waals surface area contributed by atoms with E-state index in [1.807, 2.05) is 26.0 Å². The zero-order valence-corrected chi connectivity index (χ0v) is 11.6. The summed E-state index contributed by atoms with van der Waals surface area (Å²) >= 11 is 0. The summed E-state index contributed by atoms with van der Waals surface area (Å²) in [5, 5.41) is 21.1. The maximum absolute atomic E-state index is 12.3. The molecule has 1 aliphatic rings. The highest BCUT2D eigenvalue weighted by atomic mass is 16.4. The third kappa shape index (κ3) is 4.06. The van der Waals surface area contributed by atoms with Gasteiger partial charge in [0, 0.05) is 12.1 Å². The number of aliphatic hydroxyl groups excluding tert-OH is 1. The van der Waals surface area contributed by atoms with Crippen LogP contribution in [0.5, 0.6) is 0 Å². The smallest absolute Gasteiger partial charge is 0.307 e. The van der Waals surface area contributed by atoms with Gasteiger partial charge in [-0.05, 0) is 32.6 Å². The van der Waals surface area contributed by atoms with Crippen LogP contribution in [0.2, 0.25) is 0 Å². The zero-order chi connectivity index (χ0) is 14.5. The topological polar surface area (TPSA) is 86.6 Å². The van der Waals surface area contributed by atoms with E-state index < -0.39 is 23.3 Å². The Morgan fingerprint density at radius 1 is 1.32 bits per heavy atom. The fourth-order valence-electron chi connectivity index (χ4n) is 2.34. The van der Waals surface area contributed by atoms with E-state index in [9.17, 15) is 9.59 Å². The van der Waals surface area contributed by atoms with Gasteiger partial charge in [0.25, 0.3) is 0 Å². The molecule has 0 aromatic rings. The summed E-state index contributed by atoms with van der Waals surface area (Å²) in [5.74, 6) is -2.33. The molecule has 1 rings (SSSR count). The largest absolute Gasteiger partial charge is 0.481 e. The van der Waals surface area contributed by atoms with E-state index in [0.29, 0.717) is 25.7 Å². The number of aliphatic carboxylic acids is 1. The first kappa shape index (κ1) is 15.7. The molecule has 0 aromatic carbocycles. The van der Waals surface area contributed by atoms with Crippen LogP contribution < -0.4 is 5.32 Å². The quantitative estimate of drug-likeness (QED) is 0.635. The molecule has 0 aliphatic heterocycles. The first-order chi connectivity index (χ1) is 8.93. The van der Waals surface area contributed by atoms with Crippen molar-refractivity contribution in [1.29, 1.82) is 0 Å². The van der Waals surface area contributed by atoms with Gasteiger partial charge in [-0.2, -0.15) is 0 Å². The van der Waals surface area contributed by atoms with Crippen molar-refractivity contribution in [2.75, 3.05) is 6.61 Å². The molecule has 5 heteroatoms. The number of carbonyl (C=O) groups is 2. The highest BCUT2D eigenvalue weighted by Crippen LogP contribution is 2.27. The van der Waals surface area contributed by atoms with Crippen molar-refractivity contribution < 1.29 is 19.8 Å². The van der Waals surface area contributed by atoms with Gasteiger partial charge in [-0.25, -0.2) is 0 Å². The second-order valence-electron chi connectivity index (χ2n) is 5.37. The average molecular weight is 269 g/mol. The van der Waals surface area contributed by atoms with Gasteiger partial charge in [0.05, 0.1) is 11.8 Å². The maximum Gasteiger partial charge on any atom is 0.307 e. The fraction of sp³-hybridized carbons (Fsp3) is 0.714. The lowest BCUT2D eigenvalue weighted by atomic mass is 9.81. The number of carboxylic acid groups (broad SMARTS) is 1. The van der Waals surface area contributed by atoms with Crippen LogP contribution in [-0.2, 0) is 9.59 Å². The van der Waals surface area contributed by atoms with Crippen molar-refractivity contribution >= 4 is 11.9 Å². The Balaban J connectivity index is 2.75. The molecule has 1 amide bonds. The lowest BCUT2D eigenvalue weighted by Crippen LogP contribution is -2.50. The molecule has 0 bridgehead atoms. The molecule has 3 N–H and O–H groups in total. The molecule has 0 aromatic heterocycles. The number of hydrogen-bond acceptors (Lipinski definition) is 3. The van der Waals surface area contributed by atoms with Gasteiger partial charge in [0.1, 0.15) is 0 Å². The van der Waals surface area contributed by atoms with E-state index in [4.69, 9.17) is 10.2 Å². The first-order valence-electron chi connectivity index (χ1n) is 6.74. The number of nitrogens with one attached hydrogen (secondary N) is 1. The van der Waals surface area contributed by atoms with Crippen LogP contribution in [0.25, 0.3) is 0 Å². The zero-order valence-electron chi connectivity index (χ0n) is 11.6. The fourth-order valence-corrected chi connectivity index (χ4v) is 2.34. The van der Waals surface area contributed by atoms with Crippen molar-refractivity contribution in [3.8, 4) is 0 Å². The predicted octanol–water partition coefficient (Wildman–Crippen LogP) is 1.32. The Hall–Kier alpha value is -1.36. The minimum atomic E-state index is -0.926. The summed E-state index contributed by atoms with van der Waals surface area (Å²) in [7, 11) is 0. The molecule has 19 heavy (non-hydrogen) atoms. The summed E-state index contributed by atoms with van der Waals surface area (Å²) in [5.41, 5.74) is -0.476. The van der Waals surface area contributed by atoms with Crippen molar-refractivity contribution in [3.05, 3.63) is 12.2 Å². The van der Waals surface area contributed by atoms with Crippen molar-refractivity contribution in [2.24, 2.45) is 11.8 Å². The molecular formula is C14H23NO4. The second kappa shape index (κ2) is 6.70. The number of amides is 1. The molecule has 5 nitrogen and oxygen atoms in total. The maximum atomic E-state index is 12.3. The summed E-state index contributed by atoms with van der Waals surface area (Å²) < 4.78 is 0. The highest BCUT2D eigenvalue weighted by Gasteiger charge is 2.36. The van der Waals surface area contributed by atoms with Crippen molar-refractivity contribution in [1.82, 2.24) is 5.32 Å². The molecular weight excluding hydrogens is 246 g/mol. The number of allylic oxidation sites excluding steroid dienone is 2. The second-order valence-corrected chi connectivity index (χ2v) is 5.37. The van der Waals surface area contributed by atoms with Crippen LogP contribution in [0.3, 0.4) is 0 Å². The van der Waals surface area contributed by atoms with Crippen LogP contribution in [0.4, 0.5) is 0 Å². The molecule has 0 heterocycles. The third-order valence-electron chi connectivity index (χ3n) is 3.96. The monoisotopic (exact) mass is 269 g/mol. The molecule has 1 unspecified atom stereocenters. The Labute approximate surface area is 113 Å². The molecule has 0 saturated heterocycles. The van der Waals surface area contributed by atoms with Crippen molar-refractivity contribution in [2.45, 2.75) is 45.1 Å². The van der Waals surface area contributed by atoms with Gasteiger partial charge in [0.15, 0.2) is 0 Å². The van der Waals surface area contributed by atoms with E-state index in [0.717, 1.165) is 0 Å². The molecule has 0 radical (unpaired) electrons. The number of aliphatic hydroxyl groups is 1. The summed E-state index contributed by atoms with van der Waals surface area (Å²) in [6, 6.07) is 0. The van der Waals surface area contributed by atoms with Gasteiger partial charge in [-0.1, -0.05) is 19.1 Å². The predicted molar refractivity (Wildman–Crippen MR) is 71.5 cm³/mol. The van der Waals surface area contributed by atoms with E-state index in [1.54, 1.807) is 0 Å². The van der Waals surface area contributed by atoms with Crippen LogP contribution in [0.1, 0.15) is 39.5 Å². The molecule has 0 saturated carbocycles. The Morgan fingerprint density at radius 3 is 2.37 bits per heavy atom.